The summed E-state index contributed by atoms with van der Waals surface area (Å²) in [4.78, 5) is 23.7. The maximum atomic E-state index is 14.5. The first-order valence-corrected chi connectivity index (χ1v) is 11.2. The van der Waals surface area contributed by atoms with Gasteiger partial charge in [-0.15, -0.1) is 0 Å². The number of rotatable bonds is 9. The second-order valence-electron chi connectivity index (χ2n) is 8.52. The highest BCUT2D eigenvalue weighted by Gasteiger charge is 2.25. The van der Waals surface area contributed by atoms with E-state index < -0.39 is 11.6 Å². The summed E-state index contributed by atoms with van der Waals surface area (Å²) >= 11 is 0. The smallest absolute Gasteiger partial charge is 0.410 e. The Hall–Kier alpha value is -3.21. The number of nitrogens with one attached hydrogen (secondary N) is 1. The van der Waals surface area contributed by atoms with E-state index in [-0.39, 0.29) is 42.2 Å². The number of anilines is 2. The van der Waals surface area contributed by atoms with Gasteiger partial charge in [0.25, 0.3) is 0 Å². The largest absolute Gasteiger partial charge is 0.489 e. The maximum absolute atomic E-state index is 14.5. The molecule has 0 radical (unpaired) electrons. The van der Waals surface area contributed by atoms with Crippen LogP contribution in [0.1, 0.15) is 26.7 Å². The van der Waals surface area contributed by atoms with E-state index in [4.69, 9.17) is 14.2 Å². The summed E-state index contributed by atoms with van der Waals surface area (Å²) in [5, 5.41) is 2.75. The molecule has 2 heterocycles. The molecule has 0 bridgehead atoms. The third kappa shape index (κ3) is 7.41. The SMILES string of the molecule is CC(C)OC(=O)N1CCC(Oc2cc(Nc3cc(F)c(OCCN(C)C)cc3F)ncn2)CC1. The van der Waals surface area contributed by atoms with Gasteiger partial charge in [0.05, 0.1) is 11.8 Å². The van der Waals surface area contributed by atoms with Gasteiger partial charge in [0, 0.05) is 50.7 Å². The van der Waals surface area contributed by atoms with Crippen LogP contribution in [0.2, 0.25) is 0 Å². The van der Waals surface area contributed by atoms with E-state index in [0.29, 0.717) is 38.4 Å². The zero-order chi connectivity index (χ0) is 24.7. The molecule has 1 saturated heterocycles. The van der Waals surface area contributed by atoms with Crippen molar-refractivity contribution in [3.05, 3.63) is 36.2 Å². The van der Waals surface area contributed by atoms with Crippen molar-refractivity contribution in [2.75, 3.05) is 45.7 Å². The predicted molar refractivity (Wildman–Crippen MR) is 123 cm³/mol. The Morgan fingerprint density at radius 3 is 2.59 bits per heavy atom. The van der Waals surface area contributed by atoms with Crippen LogP contribution in [-0.2, 0) is 4.74 Å². The van der Waals surface area contributed by atoms with Gasteiger partial charge in [0.15, 0.2) is 17.4 Å². The second kappa shape index (κ2) is 11.8. The first-order chi connectivity index (χ1) is 16.2. The molecule has 0 atom stereocenters. The van der Waals surface area contributed by atoms with Gasteiger partial charge < -0.3 is 29.3 Å². The van der Waals surface area contributed by atoms with E-state index in [2.05, 4.69) is 15.3 Å². The summed E-state index contributed by atoms with van der Waals surface area (Å²) in [5.74, 6) is -0.966. The van der Waals surface area contributed by atoms with Gasteiger partial charge in [-0.25, -0.2) is 23.5 Å². The molecule has 1 aromatic carbocycles. The highest BCUT2D eigenvalue weighted by atomic mass is 19.1. The minimum Gasteiger partial charge on any atom is -0.489 e. The van der Waals surface area contributed by atoms with E-state index in [1.165, 1.54) is 12.4 Å². The molecule has 0 saturated carbocycles. The molecule has 2 aromatic rings. The first kappa shape index (κ1) is 25.4. The van der Waals surface area contributed by atoms with Crippen LogP contribution in [0, 0.1) is 11.6 Å². The molecule has 1 fully saturated rings. The van der Waals surface area contributed by atoms with Gasteiger partial charge in [-0.1, -0.05) is 0 Å². The van der Waals surface area contributed by atoms with Gasteiger partial charge in [-0.3, -0.25) is 0 Å². The highest BCUT2D eigenvalue weighted by Crippen LogP contribution is 2.28. The van der Waals surface area contributed by atoms with Crippen molar-refractivity contribution in [2.45, 2.75) is 38.9 Å². The maximum Gasteiger partial charge on any atom is 0.410 e. The van der Waals surface area contributed by atoms with Gasteiger partial charge >= 0.3 is 6.09 Å². The van der Waals surface area contributed by atoms with Crippen molar-refractivity contribution < 1.29 is 27.8 Å². The van der Waals surface area contributed by atoms with Crippen LogP contribution in [0.3, 0.4) is 0 Å². The summed E-state index contributed by atoms with van der Waals surface area (Å²) < 4.78 is 45.3. The average Bonchev–Trinajstić information content (AvgIpc) is 2.77. The molecule has 1 aliphatic heterocycles. The van der Waals surface area contributed by atoms with Gasteiger partial charge in [0.2, 0.25) is 5.88 Å². The van der Waals surface area contributed by atoms with Crippen LogP contribution in [0.4, 0.5) is 25.1 Å². The van der Waals surface area contributed by atoms with E-state index >= 15 is 0 Å². The van der Waals surface area contributed by atoms with Gasteiger partial charge in [-0.2, -0.15) is 0 Å². The molecule has 1 N–H and O–H groups in total. The number of piperidine rings is 1. The van der Waals surface area contributed by atoms with Gasteiger partial charge in [-0.05, 0) is 27.9 Å². The average molecular weight is 480 g/mol. The molecule has 1 amide bonds. The standard InChI is InChI=1S/C23H31F2N5O4/c1-15(2)33-23(31)30-7-5-16(6-8-30)34-22-13-21(26-14-27-22)28-19-11-18(25)20(12-17(19)24)32-10-9-29(3)4/h11-16H,5-10H2,1-4H3,(H,26,27,28). The molecular formula is C23H31F2N5O4. The Balaban J connectivity index is 1.57. The summed E-state index contributed by atoms with van der Waals surface area (Å²) in [7, 11) is 3.72. The summed E-state index contributed by atoms with van der Waals surface area (Å²) in [6.45, 7) is 5.46. The van der Waals surface area contributed by atoms with E-state index in [0.717, 1.165) is 12.1 Å². The lowest BCUT2D eigenvalue weighted by atomic mass is 10.1. The van der Waals surface area contributed by atoms with E-state index in [9.17, 15) is 13.6 Å². The monoisotopic (exact) mass is 479 g/mol. The predicted octanol–water partition coefficient (Wildman–Crippen LogP) is 3.83. The van der Waals surface area contributed by atoms with Crippen molar-refractivity contribution >= 4 is 17.6 Å². The van der Waals surface area contributed by atoms with E-state index in [1.54, 1.807) is 4.90 Å². The molecule has 34 heavy (non-hydrogen) atoms. The summed E-state index contributed by atoms with van der Waals surface area (Å²) in [5.41, 5.74) is -0.0842. The minimum absolute atomic E-state index is 0.0842. The highest BCUT2D eigenvalue weighted by molar-refractivity contribution is 5.67. The zero-order valence-electron chi connectivity index (χ0n) is 19.9. The Labute approximate surface area is 198 Å². The number of halogens is 2. The molecule has 1 aromatic heterocycles. The number of amides is 1. The normalized spacial score (nSPS) is 14.4. The van der Waals surface area contributed by atoms with E-state index in [1.807, 2.05) is 32.8 Å². The molecule has 0 spiro atoms. The number of ether oxygens (including phenoxy) is 3. The van der Waals surface area contributed by atoms with Crippen LogP contribution < -0.4 is 14.8 Å². The first-order valence-electron chi connectivity index (χ1n) is 11.2. The Bertz CT molecular complexity index is 968. The zero-order valence-corrected chi connectivity index (χ0v) is 19.9. The topological polar surface area (TPSA) is 89.0 Å². The molecule has 11 heteroatoms. The van der Waals surface area contributed by atoms with Crippen LogP contribution in [0.25, 0.3) is 0 Å². The number of carbonyl (C=O) groups excluding carboxylic acids is 1. The number of nitrogens with zero attached hydrogens (tertiary/aromatic N) is 4. The lowest BCUT2D eigenvalue weighted by molar-refractivity contribution is 0.0507. The van der Waals surface area contributed by atoms with Crippen molar-refractivity contribution in [2.24, 2.45) is 0 Å². The fraction of sp³-hybridized carbons (Fsp3) is 0.522. The van der Waals surface area contributed by atoms with Crippen LogP contribution in [0.5, 0.6) is 11.6 Å². The molecule has 9 nitrogen and oxygen atoms in total. The number of likely N-dealkylation sites (N-methyl/N-ethyl adjacent to an activating group) is 1. The quantitative estimate of drug-likeness (QED) is 0.581. The number of aromatic nitrogens is 2. The lowest BCUT2D eigenvalue weighted by Crippen LogP contribution is -2.42. The number of hydrogen-bond donors (Lipinski definition) is 1. The minimum atomic E-state index is -0.684. The molecule has 186 valence electrons. The number of carbonyl (C=O) groups is 1. The molecule has 3 rings (SSSR count). The third-order valence-electron chi connectivity index (χ3n) is 5.05. The molecule has 0 unspecified atom stereocenters. The van der Waals surface area contributed by atoms with Gasteiger partial charge in [0.1, 0.15) is 24.9 Å². The summed E-state index contributed by atoms with van der Waals surface area (Å²) in [6.07, 6.45) is 1.88. The Morgan fingerprint density at radius 1 is 1.18 bits per heavy atom. The number of benzene rings is 1. The number of likely N-dealkylation sites (tertiary alicyclic amines) is 1. The van der Waals surface area contributed by atoms with Crippen LogP contribution in [0.15, 0.2) is 24.5 Å². The lowest BCUT2D eigenvalue weighted by Gasteiger charge is -2.31. The van der Waals surface area contributed by atoms with Crippen molar-refractivity contribution in [1.82, 2.24) is 19.8 Å². The Morgan fingerprint density at radius 2 is 1.91 bits per heavy atom. The molecule has 1 aliphatic rings. The van der Waals surface area contributed by atoms with Crippen LogP contribution >= 0.6 is 0 Å². The second-order valence-corrected chi connectivity index (χ2v) is 8.52. The van der Waals surface area contributed by atoms with Crippen molar-refractivity contribution in [1.29, 1.82) is 0 Å². The van der Waals surface area contributed by atoms with Crippen molar-refractivity contribution in [3.63, 3.8) is 0 Å². The molecular weight excluding hydrogens is 448 g/mol. The van der Waals surface area contributed by atoms with Crippen molar-refractivity contribution in [3.8, 4) is 11.6 Å². The fourth-order valence-electron chi connectivity index (χ4n) is 3.29. The molecule has 0 aliphatic carbocycles. The number of hydrogen-bond acceptors (Lipinski definition) is 8. The summed E-state index contributed by atoms with van der Waals surface area (Å²) in [6, 6.07) is 3.54. The van der Waals surface area contributed by atoms with Crippen LogP contribution in [-0.4, -0.2) is 78.4 Å². The fourth-order valence-corrected chi connectivity index (χ4v) is 3.29. The Kier molecular flexibility index (Phi) is 8.80. The third-order valence-corrected chi connectivity index (χ3v) is 5.05.